The first-order valence-corrected chi connectivity index (χ1v) is 10.2. The van der Waals surface area contributed by atoms with E-state index in [0.717, 1.165) is 22.0 Å². The van der Waals surface area contributed by atoms with Crippen molar-refractivity contribution in [1.29, 1.82) is 0 Å². The van der Waals surface area contributed by atoms with Gasteiger partial charge in [0.15, 0.2) is 0 Å². The summed E-state index contributed by atoms with van der Waals surface area (Å²) in [6, 6.07) is 2.78. The molecular formula is C21H25F2N7O. The highest BCUT2D eigenvalue weighted by molar-refractivity contribution is 5.91. The molecule has 4 heterocycles. The number of pyridine rings is 2. The summed E-state index contributed by atoms with van der Waals surface area (Å²) < 4.78 is 27.1. The number of hydrogen-bond acceptors (Lipinski definition) is 5. The van der Waals surface area contributed by atoms with E-state index in [4.69, 9.17) is 0 Å². The molecule has 1 aliphatic rings. The number of aromatic nitrogens is 4. The van der Waals surface area contributed by atoms with Gasteiger partial charge in [-0.25, -0.2) is 18.6 Å². The van der Waals surface area contributed by atoms with E-state index in [2.05, 4.69) is 25.7 Å². The van der Waals surface area contributed by atoms with Crippen molar-refractivity contribution in [2.75, 3.05) is 31.8 Å². The Balaban J connectivity index is 1.39. The normalized spacial score (nSPS) is 15.0. The van der Waals surface area contributed by atoms with Gasteiger partial charge >= 0.3 is 6.03 Å². The van der Waals surface area contributed by atoms with E-state index < -0.39 is 19.4 Å². The zero-order valence-electron chi connectivity index (χ0n) is 17.3. The lowest BCUT2D eigenvalue weighted by Gasteiger charge is -2.33. The molecule has 0 bridgehead atoms. The minimum Gasteiger partial charge on any atom is -0.324 e. The molecule has 164 valence electrons. The molecule has 0 atom stereocenters. The lowest BCUT2D eigenvalue weighted by molar-refractivity contribution is 0.179. The Bertz CT molecular complexity index is 1050. The fourth-order valence-electron chi connectivity index (χ4n) is 3.73. The number of anilines is 1. The van der Waals surface area contributed by atoms with E-state index in [-0.39, 0.29) is 12.1 Å². The molecule has 0 spiro atoms. The molecule has 1 aliphatic heterocycles. The summed E-state index contributed by atoms with van der Waals surface area (Å²) in [6.07, 6.45) is 8.38. The lowest BCUT2D eigenvalue weighted by Crippen LogP contribution is -2.49. The number of amides is 2. The summed E-state index contributed by atoms with van der Waals surface area (Å²) >= 11 is 0. The molecule has 3 aromatic rings. The second-order valence-electron chi connectivity index (χ2n) is 7.75. The molecule has 0 saturated carbocycles. The third-order valence-electron chi connectivity index (χ3n) is 5.47. The first-order valence-electron chi connectivity index (χ1n) is 10.2. The Labute approximate surface area is 178 Å². The van der Waals surface area contributed by atoms with Crippen LogP contribution < -0.4 is 10.6 Å². The Morgan fingerprint density at radius 1 is 1.13 bits per heavy atom. The van der Waals surface area contributed by atoms with Gasteiger partial charge in [-0.15, -0.1) is 0 Å². The number of fused-ring (bicyclic) bond motifs is 1. The quantitative estimate of drug-likeness (QED) is 0.629. The number of urea groups is 1. The van der Waals surface area contributed by atoms with Crippen LogP contribution in [-0.4, -0.2) is 69.2 Å². The van der Waals surface area contributed by atoms with Crippen molar-refractivity contribution in [1.82, 2.24) is 30.0 Å². The van der Waals surface area contributed by atoms with Gasteiger partial charge in [-0.3, -0.25) is 15.0 Å². The summed E-state index contributed by atoms with van der Waals surface area (Å²) in [5.74, 6) is 0.442. The molecule has 10 heteroatoms. The maximum Gasteiger partial charge on any atom is 0.323 e. The smallest absolute Gasteiger partial charge is 0.323 e. The fraction of sp³-hybridized carbons (Fsp3) is 0.429. The second-order valence-corrected chi connectivity index (χ2v) is 7.75. The molecule has 2 amide bonds. The Morgan fingerprint density at radius 2 is 1.90 bits per heavy atom. The largest absolute Gasteiger partial charge is 0.324 e. The summed E-state index contributed by atoms with van der Waals surface area (Å²) in [7, 11) is 1.86. The van der Waals surface area contributed by atoms with E-state index in [1.807, 2.05) is 19.3 Å². The van der Waals surface area contributed by atoms with Crippen LogP contribution in [0.3, 0.4) is 0 Å². The molecule has 1 fully saturated rings. The molecule has 0 aliphatic carbocycles. The summed E-state index contributed by atoms with van der Waals surface area (Å²) in [5, 5.41) is 10.9. The van der Waals surface area contributed by atoms with E-state index in [9.17, 15) is 13.6 Å². The standard InChI is InChI=1S/C21H25F2N7O/c1-29-13-16(11-26-29)15-6-14-7-20(25-12-19(14)24-10-15)28-21(31)30-4-2-17(3-5-30)27-18(8-22)9-23/h6-7,10-13,17-18,27H,2-5,8-9H2,1H3,(H,25,28,31). The van der Waals surface area contributed by atoms with E-state index in [1.54, 1.807) is 34.2 Å². The number of halogens is 2. The van der Waals surface area contributed by atoms with Crippen molar-refractivity contribution in [3.05, 3.63) is 36.9 Å². The molecule has 8 nitrogen and oxygen atoms in total. The zero-order chi connectivity index (χ0) is 21.8. The van der Waals surface area contributed by atoms with E-state index >= 15 is 0 Å². The Hall–Kier alpha value is -3.14. The van der Waals surface area contributed by atoms with Crippen molar-refractivity contribution in [2.24, 2.45) is 7.05 Å². The van der Waals surface area contributed by atoms with Crippen LogP contribution in [0.5, 0.6) is 0 Å². The molecule has 0 unspecified atom stereocenters. The molecule has 3 aromatic heterocycles. The maximum atomic E-state index is 12.7. The van der Waals surface area contributed by atoms with Crippen LogP contribution in [0.4, 0.5) is 19.4 Å². The van der Waals surface area contributed by atoms with Crippen LogP contribution in [0.15, 0.2) is 36.9 Å². The number of carbonyl (C=O) groups excluding carboxylic acids is 1. The number of likely N-dealkylation sites (tertiary alicyclic amines) is 1. The molecule has 0 aromatic carbocycles. The molecule has 31 heavy (non-hydrogen) atoms. The average molecular weight is 429 g/mol. The zero-order valence-corrected chi connectivity index (χ0v) is 17.3. The third kappa shape index (κ3) is 4.96. The van der Waals surface area contributed by atoms with Gasteiger partial charge in [0.2, 0.25) is 0 Å². The number of nitrogens with zero attached hydrogens (tertiary/aromatic N) is 5. The van der Waals surface area contributed by atoms with Crippen molar-refractivity contribution >= 4 is 22.8 Å². The van der Waals surface area contributed by atoms with Gasteiger partial charge in [-0.1, -0.05) is 0 Å². The second kappa shape index (κ2) is 9.34. The van der Waals surface area contributed by atoms with Gasteiger partial charge in [0, 0.05) is 55.1 Å². The highest BCUT2D eigenvalue weighted by atomic mass is 19.1. The van der Waals surface area contributed by atoms with Crippen LogP contribution >= 0.6 is 0 Å². The lowest BCUT2D eigenvalue weighted by atomic mass is 10.0. The van der Waals surface area contributed by atoms with Gasteiger partial charge in [0.1, 0.15) is 19.2 Å². The molecule has 4 rings (SSSR count). The first kappa shape index (κ1) is 21.1. The van der Waals surface area contributed by atoms with Crippen LogP contribution in [0.1, 0.15) is 12.8 Å². The highest BCUT2D eigenvalue weighted by Gasteiger charge is 2.24. The number of carbonyl (C=O) groups is 1. The first-order chi connectivity index (χ1) is 15.1. The molecule has 2 N–H and O–H groups in total. The van der Waals surface area contributed by atoms with Crippen LogP contribution in [0, 0.1) is 0 Å². The van der Waals surface area contributed by atoms with Crippen molar-refractivity contribution in [2.45, 2.75) is 24.9 Å². The summed E-state index contributed by atoms with van der Waals surface area (Å²) in [5.41, 5.74) is 2.62. The molecular weight excluding hydrogens is 404 g/mol. The summed E-state index contributed by atoms with van der Waals surface area (Å²) in [4.78, 5) is 23.1. The van der Waals surface area contributed by atoms with Gasteiger partial charge in [-0.2, -0.15) is 5.10 Å². The van der Waals surface area contributed by atoms with Gasteiger partial charge in [0.25, 0.3) is 0 Å². The number of rotatable bonds is 6. The SMILES string of the molecule is Cn1cc(-c2cnc3cnc(NC(=O)N4CCC(NC(CF)CF)CC4)cc3c2)cn1. The van der Waals surface area contributed by atoms with Gasteiger partial charge in [0.05, 0.1) is 24.0 Å². The Kier molecular flexibility index (Phi) is 6.36. The number of piperidine rings is 1. The highest BCUT2D eigenvalue weighted by Crippen LogP contribution is 2.23. The number of aryl methyl sites for hydroxylation is 1. The van der Waals surface area contributed by atoms with Gasteiger partial charge < -0.3 is 10.2 Å². The van der Waals surface area contributed by atoms with Crippen LogP contribution in [0.2, 0.25) is 0 Å². The number of nitrogens with one attached hydrogen (secondary N) is 2. The average Bonchev–Trinajstić information content (AvgIpc) is 3.23. The number of alkyl halides is 2. The molecule has 1 saturated heterocycles. The number of hydrogen-bond donors (Lipinski definition) is 2. The minimum atomic E-state index is -0.766. The third-order valence-corrected chi connectivity index (χ3v) is 5.47. The van der Waals surface area contributed by atoms with Gasteiger partial charge in [-0.05, 0) is 25.0 Å². The molecule has 0 radical (unpaired) electrons. The summed E-state index contributed by atoms with van der Waals surface area (Å²) in [6.45, 7) is -0.450. The minimum absolute atomic E-state index is 0.0105. The van der Waals surface area contributed by atoms with Crippen molar-refractivity contribution in [3.8, 4) is 11.1 Å². The monoisotopic (exact) mass is 429 g/mol. The van der Waals surface area contributed by atoms with E-state index in [0.29, 0.717) is 31.7 Å². The van der Waals surface area contributed by atoms with Crippen molar-refractivity contribution in [3.63, 3.8) is 0 Å². The Morgan fingerprint density at radius 3 is 2.58 bits per heavy atom. The fourth-order valence-corrected chi connectivity index (χ4v) is 3.73. The van der Waals surface area contributed by atoms with Crippen molar-refractivity contribution < 1.29 is 13.6 Å². The predicted molar refractivity (Wildman–Crippen MR) is 114 cm³/mol. The maximum absolute atomic E-state index is 12.7. The van der Waals surface area contributed by atoms with Crippen LogP contribution in [0.25, 0.3) is 22.0 Å². The van der Waals surface area contributed by atoms with Crippen LogP contribution in [-0.2, 0) is 7.05 Å². The predicted octanol–water partition coefficient (Wildman–Crippen LogP) is 2.92. The topological polar surface area (TPSA) is 88.0 Å². The van der Waals surface area contributed by atoms with E-state index in [1.165, 1.54) is 0 Å².